The first kappa shape index (κ1) is 12.8. The Morgan fingerprint density at radius 2 is 2.15 bits per heavy atom. The zero-order valence-electron chi connectivity index (χ0n) is 11.7. The van der Waals surface area contributed by atoms with Crippen molar-refractivity contribution in [3.05, 3.63) is 47.3 Å². The summed E-state index contributed by atoms with van der Waals surface area (Å²) in [5, 5.41) is 3.19. The molecule has 0 saturated heterocycles. The summed E-state index contributed by atoms with van der Waals surface area (Å²) < 4.78 is 0. The number of benzene rings is 1. The maximum atomic E-state index is 11.9. The van der Waals surface area contributed by atoms with Gasteiger partial charge in [-0.2, -0.15) is 0 Å². The summed E-state index contributed by atoms with van der Waals surface area (Å²) in [7, 11) is 0. The summed E-state index contributed by atoms with van der Waals surface area (Å²) >= 11 is 0. The van der Waals surface area contributed by atoms with Gasteiger partial charge in [0.2, 0.25) is 5.95 Å². The minimum Gasteiger partial charge on any atom is -0.324 e. The maximum absolute atomic E-state index is 11.9. The minimum absolute atomic E-state index is 0.154. The number of nitrogens with zero attached hydrogens (tertiary/aromatic N) is 2. The number of hydrogen-bond acceptors (Lipinski definition) is 4. The van der Waals surface area contributed by atoms with Crippen molar-refractivity contribution in [2.75, 3.05) is 5.32 Å². The molecule has 1 aromatic heterocycles. The summed E-state index contributed by atoms with van der Waals surface area (Å²) in [5.41, 5.74) is 3.67. The molecular weight excluding hydrogens is 250 g/mol. The normalized spacial score (nSPS) is 17.7. The molecule has 0 aliphatic heterocycles. The zero-order valence-corrected chi connectivity index (χ0v) is 11.7. The fraction of sp³-hybridized carbons (Fsp3) is 0.312. The molecule has 4 nitrogen and oxygen atoms in total. The predicted molar refractivity (Wildman–Crippen MR) is 78.3 cm³/mol. The fourth-order valence-corrected chi connectivity index (χ4v) is 2.55. The van der Waals surface area contributed by atoms with E-state index in [2.05, 4.69) is 22.2 Å². The van der Waals surface area contributed by atoms with Gasteiger partial charge < -0.3 is 5.32 Å². The molecule has 0 fully saturated rings. The number of Topliss-reactive ketones (excluding diaryl/α,β-unsaturated/α-hetero) is 1. The van der Waals surface area contributed by atoms with Gasteiger partial charge in [0.25, 0.3) is 0 Å². The monoisotopic (exact) mass is 267 g/mol. The molecule has 1 heterocycles. The molecular formula is C16H17N3O. The Morgan fingerprint density at radius 1 is 1.30 bits per heavy atom. The van der Waals surface area contributed by atoms with Crippen LogP contribution in [-0.2, 0) is 6.42 Å². The average molecular weight is 267 g/mol. The van der Waals surface area contributed by atoms with Crippen molar-refractivity contribution in [3.8, 4) is 0 Å². The van der Waals surface area contributed by atoms with Crippen molar-refractivity contribution in [1.29, 1.82) is 0 Å². The standard InChI is InChI=1S/C16H17N3O/c1-10-4-3-5-12(6-10)18-16-17-9-13-14(19-16)7-11(2)8-15(13)20/h3-6,9,11H,7-8H2,1-2H3,(H,17,18,19)/t11-/m1/s1. The van der Waals surface area contributed by atoms with Crippen LogP contribution in [0.1, 0.15) is 35.0 Å². The summed E-state index contributed by atoms with van der Waals surface area (Å²) in [4.78, 5) is 20.7. The molecule has 3 rings (SSSR count). The lowest BCUT2D eigenvalue weighted by Crippen LogP contribution is -2.20. The van der Waals surface area contributed by atoms with E-state index in [0.717, 1.165) is 17.8 Å². The third kappa shape index (κ3) is 2.54. The molecule has 0 radical (unpaired) electrons. The molecule has 0 unspecified atom stereocenters. The Bertz CT molecular complexity index is 667. The van der Waals surface area contributed by atoms with Crippen LogP contribution in [0.5, 0.6) is 0 Å². The van der Waals surface area contributed by atoms with E-state index in [4.69, 9.17) is 0 Å². The van der Waals surface area contributed by atoms with E-state index in [-0.39, 0.29) is 5.78 Å². The van der Waals surface area contributed by atoms with E-state index in [1.54, 1.807) is 6.20 Å². The Hall–Kier alpha value is -2.23. The fourth-order valence-electron chi connectivity index (χ4n) is 2.55. The van der Waals surface area contributed by atoms with Gasteiger partial charge in [-0.05, 0) is 37.0 Å². The number of ketones is 1. The summed E-state index contributed by atoms with van der Waals surface area (Å²) in [6, 6.07) is 8.04. The quantitative estimate of drug-likeness (QED) is 0.907. The Balaban J connectivity index is 1.89. The van der Waals surface area contributed by atoms with Gasteiger partial charge >= 0.3 is 0 Å². The number of aryl methyl sites for hydroxylation is 1. The SMILES string of the molecule is Cc1cccc(Nc2ncc3c(n2)C[C@@H](C)CC3=O)c1. The summed E-state index contributed by atoms with van der Waals surface area (Å²) in [6.45, 7) is 4.12. The van der Waals surface area contributed by atoms with Crippen molar-refractivity contribution in [3.63, 3.8) is 0 Å². The van der Waals surface area contributed by atoms with E-state index in [1.165, 1.54) is 5.56 Å². The highest BCUT2D eigenvalue weighted by molar-refractivity contribution is 5.98. The van der Waals surface area contributed by atoms with E-state index in [1.807, 2.05) is 31.2 Å². The van der Waals surface area contributed by atoms with Crippen molar-refractivity contribution in [2.24, 2.45) is 5.92 Å². The summed E-state index contributed by atoms with van der Waals surface area (Å²) in [5.74, 6) is 1.06. The van der Waals surface area contributed by atoms with E-state index < -0.39 is 0 Å². The molecule has 102 valence electrons. The van der Waals surface area contributed by atoms with Gasteiger partial charge in [0.15, 0.2) is 5.78 Å². The number of rotatable bonds is 2. The van der Waals surface area contributed by atoms with Gasteiger partial charge in [0.1, 0.15) is 0 Å². The molecule has 0 saturated carbocycles. The van der Waals surface area contributed by atoms with Crippen molar-refractivity contribution in [2.45, 2.75) is 26.7 Å². The molecule has 1 N–H and O–H groups in total. The largest absolute Gasteiger partial charge is 0.324 e. The van der Waals surface area contributed by atoms with Gasteiger partial charge in [-0.3, -0.25) is 4.79 Å². The highest BCUT2D eigenvalue weighted by Gasteiger charge is 2.24. The molecule has 0 amide bonds. The molecule has 4 heteroatoms. The molecule has 2 aromatic rings. The van der Waals surface area contributed by atoms with Crippen LogP contribution >= 0.6 is 0 Å². The maximum Gasteiger partial charge on any atom is 0.227 e. The lowest BCUT2D eigenvalue weighted by Gasteiger charge is -2.19. The number of carbonyl (C=O) groups excluding carboxylic acids is 1. The molecule has 20 heavy (non-hydrogen) atoms. The Morgan fingerprint density at radius 3 is 2.95 bits per heavy atom. The molecule has 0 spiro atoms. The average Bonchev–Trinajstić information content (AvgIpc) is 2.38. The number of aromatic nitrogens is 2. The number of hydrogen-bond donors (Lipinski definition) is 1. The van der Waals surface area contributed by atoms with Crippen LogP contribution in [0.3, 0.4) is 0 Å². The van der Waals surface area contributed by atoms with Crippen molar-refractivity contribution >= 4 is 17.4 Å². The number of anilines is 2. The third-order valence-corrected chi connectivity index (χ3v) is 3.52. The van der Waals surface area contributed by atoms with Crippen molar-refractivity contribution in [1.82, 2.24) is 9.97 Å². The van der Waals surface area contributed by atoms with Crippen LogP contribution in [0.2, 0.25) is 0 Å². The van der Waals surface area contributed by atoms with Crippen molar-refractivity contribution < 1.29 is 4.79 Å². The molecule has 1 aliphatic carbocycles. The first-order valence-corrected chi connectivity index (χ1v) is 6.84. The van der Waals surface area contributed by atoms with Gasteiger partial charge in [0, 0.05) is 18.3 Å². The van der Waals surface area contributed by atoms with Gasteiger partial charge in [-0.1, -0.05) is 19.1 Å². The lowest BCUT2D eigenvalue weighted by atomic mass is 9.88. The van der Waals surface area contributed by atoms with Gasteiger partial charge in [-0.25, -0.2) is 9.97 Å². The lowest BCUT2D eigenvalue weighted by molar-refractivity contribution is 0.0951. The van der Waals surface area contributed by atoms with Crippen LogP contribution in [0.4, 0.5) is 11.6 Å². The van der Waals surface area contributed by atoms with E-state index >= 15 is 0 Å². The minimum atomic E-state index is 0.154. The van der Waals surface area contributed by atoms with E-state index in [0.29, 0.717) is 23.9 Å². The van der Waals surface area contributed by atoms with Crippen LogP contribution in [0.15, 0.2) is 30.5 Å². The van der Waals surface area contributed by atoms with Gasteiger partial charge in [0.05, 0.1) is 11.3 Å². The predicted octanol–water partition coefficient (Wildman–Crippen LogP) is 3.29. The highest BCUT2D eigenvalue weighted by atomic mass is 16.1. The third-order valence-electron chi connectivity index (χ3n) is 3.52. The molecule has 1 aromatic carbocycles. The van der Waals surface area contributed by atoms with Crippen LogP contribution in [0, 0.1) is 12.8 Å². The second-order valence-electron chi connectivity index (χ2n) is 5.49. The van der Waals surface area contributed by atoms with Gasteiger partial charge in [-0.15, -0.1) is 0 Å². The van der Waals surface area contributed by atoms with Crippen LogP contribution < -0.4 is 5.32 Å². The van der Waals surface area contributed by atoms with Crippen LogP contribution in [-0.4, -0.2) is 15.8 Å². The second kappa shape index (κ2) is 5.04. The molecule has 1 aliphatic rings. The topological polar surface area (TPSA) is 54.9 Å². The zero-order chi connectivity index (χ0) is 14.1. The van der Waals surface area contributed by atoms with Crippen LogP contribution in [0.25, 0.3) is 0 Å². The number of nitrogens with one attached hydrogen (secondary N) is 1. The van der Waals surface area contributed by atoms with E-state index in [9.17, 15) is 4.79 Å². The number of carbonyl (C=O) groups is 1. The first-order valence-electron chi connectivity index (χ1n) is 6.84. The Kier molecular flexibility index (Phi) is 3.22. The second-order valence-corrected chi connectivity index (χ2v) is 5.49. The molecule has 0 bridgehead atoms. The highest BCUT2D eigenvalue weighted by Crippen LogP contribution is 2.24. The molecule has 1 atom stereocenters. The Labute approximate surface area is 118 Å². The number of fused-ring (bicyclic) bond motifs is 1. The first-order chi connectivity index (χ1) is 9.61. The summed E-state index contributed by atoms with van der Waals surface area (Å²) in [6.07, 6.45) is 3.09. The smallest absolute Gasteiger partial charge is 0.227 e.